The Hall–Kier alpha value is -1.78. The molecular weight excluding hydrogens is 226 g/mol. The number of rotatable bonds is 3. The molecule has 0 amide bonds. The first-order valence-corrected chi connectivity index (χ1v) is 6.64. The first-order chi connectivity index (χ1) is 8.79. The van der Waals surface area contributed by atoms with E-state index in [2.05, 4.69) is 29.0 Å². The van der Waals surface area contributed by atoms with Crippen molar-refractivity contribution in [1.82, 2.24) is 14.4 Å². The van der Waals surface area contributed by atoms with Crippen molar-refractivity contribution in [2.45, 2.75) is 32.7 Å². The number of anilines is 2. The lowest BCUT2D eigenvalue weighted by Gasteiger charge is -2.23. The molecule has 3 rings (SSSR count). The summed E-state index contributed by atoms with van der Waals surface area (Å²) in [6, 6.07) is 0.551. The van der Waals surface area contributed by atoms with Gasteiger partial charge in [0.25, 0.3) is 0 Å². The molecule has 0 bridgehead atoms. The Morgan fingerprint density at radius 1 is 1.50 bits per heavy atom. The number of imidazole rings is 1. The van der Waals surface area contributed by atoms with Crippen molar-refractivity contribution in [3.8, 4) is 0 Å². The van der Waals surface area contributed by atoms with Gasteiger partial charge in [-0.3, -0.25) is 0 Å². The molecule has 5 nitrogen and oxygen atoms in total. The van der Waals surface area contributed by atoms with Crippen molar-refractivity contribution in [1.29, 1.82) is 0 Å². The molecular formula is C13H19N5. The van der Waals surface area contributed by atoms with Gasteiger partial charge in [-0.25, -0.2) is 9.97 Å². The van der Waals surface area contributed by atoms with Crippen molar-refractivity contribution < 1.29 is 0 Å². The van der Waals surface area contributed by atoms with Crippen LogP contribution in [0, 0.1) is 0 Å². The van der Waals surface area contributed by atoms with Crippen LogP contribution in [0.15, 0.2) is 18.6 Å². The van der Waals surface area contributed by atoms with E-state index in [1.54, 1.807) is 0 Å². The Balaban J connectivity index is 2.10. The van der Waals surface area contributed by atoms with Gasteiger partial charge in [-0.1, -0.05) is 0 Å². The van der Waals surface area contributed by atoms with Crippen LogP contribution >= 0.6 is 0 Å². The van der Waals surface area contributed by atoms with E-state index in [0.29, 0.717) is 6.04 Å². The highest BCUT2D eigenvalue weighted by Gasteiger charge is 2.24. The minimum Gasteiger partial charge on any atom is -0.369 e. The predicted octanol–water partition coefficient (Wildman–Crippen LogP) is 2.15. The Kier molecular flexibility index (Phi) is 2.81. The molecule has 0 aliphatic carbocycles. The Morgan fingerprint density at radius 2 is 2.39 bits per heavy atom. The van der Waals surface area contributed by atoms with Crippen LogP contribution in [0.2, 0.25) is 0 Å². The standard InChI is InChI=1S/C13H19N5/c1-3-14-11-9-17-8-6-15-12(17)13(16-11)18-7-4-5-10(18)2/h6,8-10,14H,3-5,7H2,1-2H3. The molecule has 96 valence electrons. The number of hydrogen-bond donors (Lipinski definition) is 1. The predicted molar refractivity (Wildman–Crippen MR) is 73.2 cm³/mol. The molecule has 0 aromatic carbocycles. The number of nitrogens with one attached hydrogen (secondary N) is 1. The molecule has 1 fully saturated rings. The van der Waals surface area contributed by atoms with Crippen LogP contribution in [-0.2, 0) is 0 Å². The van der Waals surface area contributed by atoms with Gasteiger partial charge in [0, 0.05) is 31.5 Å². The zero-order chi connectivity index (χ0) is 12.5. The quantitative estimate of drug-likeness (QED) is 0.900. The molecule has 5 heteroatoms. The fraction of sp³-hybridized carbons (Fsp3) is 0.538. The zero-order valence-electron chi connectivity index (χ0n) is 10.9. The fourth-order valence-electron chi connectivity index (χ4n) is 2.62. The third-order valence-corrected chi connectivity index (χ3v) is 3.54. The molecule has 0 saturated carbocycles. The SMILES string of the molecule is CCNc1cn2ccnc2c(N2CCCC2C)n1. The molecule has 3 heterocycles. The van der Waals surface area contributed by atoms with Gasteiger partial charge in [0.1, 0.15) is 5.82 Å². The molecule has 0 spiro atoms. The molecule has 1 atom stereocenters. The maximum atomic E-state index is 4.73. The summed E-state index contributed by atoms with van der Waals surface area (Å²) in [5, 5.41) is 3.28. The van der Waals surface area contributed by atoms with Crippen LogP contribution < -0.4 is 10.2 Å². The molecule has 0 radical (unpaired) electrons. The minimum absolute atomic E-state index is 0.551. The Morgan fingerprint density at radius 3 is 3.11 bits per heavy atom. The summed E-state index contributed by atoms with van der Waals surface area (Å²) >= 11 is 0. The normalized spacial score (nSPS) is 19.7. The highest BCUT2D eigenvalue weighted by Crippen LogP contribution is 2.27. The number of fused-ring (bicyclic) bond motifs is 1. The van der Waals surface area contributed by atoms with Crippen molar-refractivity contribution in [2.24, 2.45) is 0 Å². The van der Waals surface area contributed by atoms with Gasteiger partial charge < -0.3 is 14.6 Å². The van der Waals surface area contributed by atoms with Crippen LogP contribution in [0.3, 0.4) is 0 Å². The van der Waals surface area contributed by atoms with Crippen LogP contribution in [0.4, 0.5) is 11.6 Å². The monoisotopic (exact) mass is 245 g/mol. The highest BCUT2D eigenvalue weighted by atomic mass is 15.3. The maximum absolute atomic E-state index is 4.73. The van der Waals surface area contributed by atoms with Gasteiger partial charge in [-0.15, -0.1) is 0 Å². The van der Waals surface area contributed by atoms with Gasteiger partial charge in [0.15, 0.2) is 11.5 Å². The van der Waals surface area contributed by atoms with Gasteiger partial charge >= 0.3 is 0 Å². The summed E-state index contributed by atoms with van der Waals surface area (Å²) in [5.74, 6) is 1.92. The van der Waals surface area contributed by atoms with E-state index >= 15 is 0 Å². The lowest BCUT2D eigenvalue weighted by molar-refractivity contribution is 0.727. The van der Waals surface area contributed by atoms with E-state index < -0.39 is 0 Å². The number of aromatic nitrogens is 3. The van der Waals surface area contributed by atoms with E-state index in [0.717, 1.165) is 30.4 Å². The summed E-state index contributed by atoms with van der Waals surface area (Å²) in [6.07, 6.45) is 8.27. The van der Waals surface area contributed by atoms with Crippen molar-refractivity contribution in [3.05, 3.63) is 18.6 Å². The summed E-state index contributed by atoms with van der Waals surface area (Å²) in [4.78, 5) is 11.5. The molecule has 18 heavy (non-hydrogen) atoms. The molecule has 1 aliphatic rings. The average molecular weight is 245 g/mol. The van der Waals surface area contributed by atoms with E-state index in [-0.39, 0.29) is 0 Å². The van der Waals surface area contributed by atoms with Crippen molar-refractivity contribution in [3.63, 3.8) is 0 Å². The summed E-state index contributed by atoms with van der Waals surface area (Å²) in [6.45, 7) is 6.29. The van der Waals surface area contributed by atoms with Crippen LogP contribution in [0.1, 0.15) is 26.7 Å². The van der Waals surface area contributed by atoms with Gasteiger partial charge in [-0.05, 0) is 26.7 Å². The lowest BCUT2D eigenvalue weighted by Crippen LogP contribution is -2.28. The summed E-state index contributed by atoms with van der Waals surface area (Å²) in [5.41, 5.74) is 0.949. The van der Waals surface area contributed by atoms with Gasteiger partial charge in [0.2, 0.25) is 0 Å². The van der Waals surface area contributed by atoms with E-state index in [1.165, 1.54) is 12.8 Å². The van der Waals surface area contributed by atoms with Crippen LogP contribution in [0.5, 0.6) is 0 Å². The van der Waals surface area contributed by atoms with Crippen LogP contribution in [0.25, 0.3) is 5.65 Å². The Bertz CT molecular complexity index is 547. The zero-order valence-corrected chi connectivity index (χ0v) is 10.9. The molecule has 1 aliphatic heterocycles. The minimum atomic E-state index is 0.551. The van der Waals surface area contributed by atoms with Crippen molar-refractivity contribution in [2.75, 3.05) is 23.3 Å². The number of hydrogen-bond acceptors (Lipinski definition) is 4. The number of nitrogens with zero attached hydrogens (tertiary/aromatic N) is 4. The second kappa shape index (κ2) is 4.48. The molecule has 2 aromatic rings. The molecule has 1 unspecified atom stereocenters. The molecule has 2 aromatic heterocycles. The van der Waals surface area contributed by atoms with Gasteiger partial charge in [0.05, 0.1) is 6.20 Å². The summed E-state index contributed by atoms with van der Waals surface area (Å²) < 4.78 is 2.05. The highest BCUT2D eigenvalue weighted by molar-refractivity contribution is 5.67. The summed E-state index contributed by atoms with van der Waals surface area (Å²) in [7, 11) is 0. The van der Waals surface area contributed by atoms with E-state index in [1.807, 2.05) is 23.0 Å². The first kappa shape index (κ1) is 11.3. The maximum Gasteiger partial charge on any atom is 0.180 e. The second-order valence-electron chi connectivity index (χ2n) is 4.82. The largest absolute Gasteiger partial charge is 0.369 e. The van der Waals surface area contributed by atoms with Gasteiger partial charge in [-0.2, -0.15) is 0 Å². The fourth-order valence-corrected chi connectivity index (χ4v) is 2.62. The second-order valence-corrected chi connectivity index (χ2v) is 4.82. The molecule has 1 saturated heterocycles. The molecule has 1 N–H and O–H groups in total. The topological polar surface area (TPSA) is 45.5 Å². The third kappa shape index (κ3) is 1.79. The average Bonchev–Trinajstić information content (AvgIpc) is 2.97. The van der Waals surface area contributed by atoms with Crippen molar-refractivity contribution >= 4 is 17.3 Å². The first-order valence-electron chi connectivity index (χ1n) is 6.64. The Labute approximate surface area is 107 Å². The smallest absolute Gasteiger partial charge is 0.180 e. The van der Waals surface area contributed by atoms with E-state index in [4.69, 9.17) is 4.98 Å². The van der Waals surface area contributed by atoms with E-state index in [9.17, 15) is 0 Å². The lowest BCUT2D eigenvalue weighted by atomic mass is 10.2. The third-order valence-electron chi connectivity index (χ3n) is 3.54. The van der Waals surface area contributed by atoms with Crippen LogP contribution in [-0.4, -0.2) is 33.5 Å².